The summed E-state index contributed by atoms with van der Waals surface area (Å²) in [5.41, 5.74) is 0.303. The van der Waals surface area contributed by atoms with Crippen molar-refractivity contribution in [2.24, 2.45) is 0 Å². The third kappa shape index (κ3) is 3.09. The van der Waals surface area contributed by atoms with Crippen LogP contribution in [0.4, 0.5) is 17.6 Å². The van der Waals surface area contributed by atoms with E-state index in [2.05, 4.69) is 6.07 Å². The van der Waals surface area contributed by atoms with Crippen molar-refractivity contribution in [3.05, 3.63) is 71.0 Å². The first kappa shape index (κ1) is 12.6. The van der Waals surface area contributed by atoms with Gasteiger partial charge in [0.1, 0.15) is 5.82 Å². The van der Waals surface area contributed by atoms with Crippen molar-refractivity contribution < 1.29 is 17.6 Å². The molecule has 1 radical (unpaired) electrons. The lowest BCUT2D eigenvalue weighted by Crippen LogP contribution is -2.05. The highest BCUT2D eigenvalue weighted by Crippen LogP contribution is 2.29. The molecular weight excluding hydrogens is 244 g/mol. The van der Waals surface area contributed by atoms with Crippen LogP contribution in [0, 0.1) is 11.9 Å². The molecule has 0 N–H and O–H groups in total. The summed E-state index contributed by atoms with van der Waals surface area (Å²) in [6.45, 7) is 0. The first-order chi connectivity index (χ1) is 8.45. The number of halogens is 4. The average Bonchev–Trinajstić information content (AvgIpc) is 2.28. The van der Waals surface area contributed by atoms with Gasteiger partial charge >= 0.3 is 6.18 Å². The van der Waals surface area contributed by atoms with Crippen molar-refractivity contribution >= 4 is 0 Å². The topological polar surface area (TPSA) is 0 Å². The molecule has 0 aliphatic carbocycles. The second-order valence-corrected chi connectivity index (χ2v) is 3.92. The molecule has 0 fully saturated rings. The summed E-state index contributed by atoms with van der Waals surface area (Å²) in [6.07, 6.45) is -4.15. The van der Waals surface area contributed by atoms with E-state index in [1.807, 2.05) is 0 Å². The van der Waals surface area contributed by atoms with Crippen LogP contribution in [-0.4, -0.2) is 0 Å². The Hall–Kier alpha value is -1.84. The highest BCUT2D eigenvalue weighted by Gasteiger charge is 2.30. The molecule has 18 heavy (non-hydrogen) atoms. The Kier molecular flexibility index (Phi) is 3.36. The van der Waals surface area contributed by atoms with Crippen LogP contribution in [0.15, 0.2) is 42.5 Å². The van der Waals surface area contributed by atoms with Crippen LogP contribution in [0.1, 0.15) is 16.7 Å². The van der Waals surface area contributed by atoms with Gasteiger partial charge in [-0.05, 0) is 41.8 Å². The molecule has 0 saturated carbocycles. The molecule has 4 heteroatoms. The summed E-state index contributed by atoms with van der Waals surface area (Å²) in [5.74, 6) is -0.397. The lowest BCUT2D eigenvalue weighted by atomic mass is 10.0. The molecule has 0 amide bonds. The van der Waals surface area contributed by atoms with E-state index in [0.29, 0.717) is 11.1 Å². The normalized spacial score (nSPS) is 11.6. The molecule has 0 bridgehead atoms. The minimum Gasteiger partial charge on any atom is -0.207 e. The summed E-state index contributed by atoms with van der Waals surface area (Å²) in [7, 11) is 0. The molecule has 0 aromatic heterocycles. The van der Waals surface area contributed by atoms with Gasteiger partial charge in [0, 0.05) is 0 Å². The SMILES string of the molecule is Fc1cccc(Cc2cc[c]c(C(F)(F)F)c2)c1. The minimum absolute atomic E-state index is 0.259. The molecule has 0 unspecified atom stereocenters. The van der Waals surface area contributed by atoms with Gasteiger partial charge in [0.2, 0.25) is 0 Å². The Morgan fingerprint density at radius 1 is 1.00 bits per heavy atom. The van der Waals surface area contributed by atoms with Crippen LogP contribution >= 0.6 is 0 Å². The quantitative estimate of drug-likeness (QED) is 0.702. The van der Waals surface area contributed by atoms with Crippen molar-refractivity contribution in [2.75, 3.05) is 0 Å². The van der Waals surface area contributed by atoms with Crippen molar-refractivity contribution in [1.29, 1.82) is 0 Å². The standard InChI is InChI=1S/C14H9F4/c15-13-6-2-4-11(9-13)7-10-3-1-5-12(8-10)14(16,17)18/h1-4,6,8-9H,7H2. The lowest BCUT2D eigenvalue weighted by molar-refractivity contribution is -0.137. The predicted octanol–water partition coefficient (Wildman–Crippen LogP) is 4.24. The van der Waals surface area contributed by atoms with Gasteiger partial charge in [-0.25, -0.2) is 4.39 Å². The third-order valence-corrected chi connectivity index (χ3v) is 2.47. The van der Waals surface area contributed by atoms with Gasteiger partial charge in [0.25, 0.3) is 0 Å². The number of hydrogen-bond donors (Lipinski definition) is 0. The lowest BCUT2D eigenvalue weighted by Gasteiger charge is -2.08. The van der Waals surface area contributed by atoms with Crippen molar-refractivity contribution in [3.8, 4) is 0 Å². The van der Waals surface area contributed by atoms with E-state index in [1.165, 1.54) is 24.3 Å². The molecule has 0 nitrogen and oxygen atoms in total. The molecule has 2 rings (SSSR count). The van der Waals surface area contributed by atoms with Crippen LogP contribution in [0.3, 0.4) is 0 Å². The maximum Gasteiger partial charge on any atom is 0.417 e. The molecule has 0 aliphatic rings. The van der Waals surface area contributed by atoms with E-state index in [9.17, 15) is 17.6 Å². The zero-order chi connectivity index (χ0) is 13.2. The molecule has 0 atom stereocenters. The number of hydrogen-bond acceptors (Lipinski definition) is 0. The van der Waals surface area contributed by atoms with Crippen LogP contribution in [0.2, 0.25) is 0 Å². The Morgan fingerprint density at radius 3 is 2.39 bits per heavy atom. The molecule has 2 aromatic carbocycles. The van der Waals surface area contributed by atoms with Crippen LogP contribution in [-0.2, 0) is 12.6 Å². The fourth-order valence-corrected chi connectivity index (χ4v) is 1.67. The largest absolute Gasteiger partial charge is 0.417 e. The van der Waals surface area contributed by atoms with Crippen molar-refractivity contribution in [2.45, 2.75) is 12.6 Å². The Bertz CT molecular complexity index is 543. The third-order valence-electron chi connectivity index (χ3n) is 2.47. The molecule has 0 spiro atoms. The Morgan fingerprint density at radius 2 is 1.72 bits per heavy atom. The fourth-order valence-electron chi connectivity index (χ4n) is 1.67. The number of alkyl halides is 3. The molecular formula is C14H9F4. The second-order valence-electron chi connectivity index (χ2n) is 3.92. The second kappa shape index (κ2) is 4.80. The van der Waals surface area contributed by atoms with Crippen LogP contribution in [0.25, 0.3) is 0 Å². The summed E-state index contributed by atoms with van der Waals surface area (Å²) < 4.78 is 50.4. The fraction of sp³-hybridized carbons (Fsp3) is 0.143. The van der Waals surface area contributed by atoms with E-state index in [1.54, 1.807) is 12.1 Å². The zero-order valence-electron chi connectivity index (χ0n) is 9.26. The van der Waals surface area contributed by atoms with E-state index in [0.717, 1.165) is 6.07 Å². The van der Waals surface area contributed by atoms with E-state index in [4.69, 9.17) is 0 Å². The average molecular weight is 253 g/mol. The van der Waals surface area contributed by atoms with Gasteiger partial charge in [0.05, 0.1) is 5.56 Å². The monoisotopic (exact) mass is 253 g/mol. The zero-order valence-corrected chi connectivity index (χ0v) is 9.26. The van der Waals surface area contributed by atoms with Gasteiger partial charge in [-0.3, -0.25) is 0 Å². The highest BCUT2D eigenvalue weighted by molar-refractivity contribution is 5.30. The summed E-state index contributed by atoms with van der Waals surface area (Å²) in [6, 6.07) is 11.8. The molecule has 93 valence electrons. The van der Waals surface area contributed by atoms with Gasteiger partial charge < -0.3 is 0 Å². The van der Waals surface area contributed by atoms with Gasteiger partial charge in [-0.15, -0.1) is 0 Å². The Labute approximate surface area is 102 Å². The smallest absolute Gasteiger partial charge is 0.207 e. The predicted molar refractivity (Wildman–Crippen MR) is 59.5 cm³/mol. The van der Waals surface area contributed by atoms with Crippen molar-refractivity contribution in [3.63, 3.8) is 0 Å². The number of benzene rings is 2. The molecule has 0 aliphatic heterocycles. The Balaban J connectivity index is 2.25. The van der Waals surface area contributed by atoms with Gasteiger partial charge in [-0.2, -0.15) is 13.2 Å². The first-order valence-corrected chi connectivity index (χ1v) is 5.27. The van der Waals surface area contributed by atoms with Crippen LogP contribution in [0.5, 0.6) is 0 Å². The van der Waals surface area contributed by atoms with E-state index >= 15 is 0 Å². The molecule has 0 saturated heterocycles. The summed E-state index contributed by atoms with van der Waals surface area (Å²) >= 11 is 0. The molecule has 0 heterocycles. The number of rotatable bonds is 2. The maximum absolute atomic E-state index is 13.0. The molecule has 2 aromatic rings. The highest BCUT2D eigenvalue weighted by atomic mass is 19.4. The van der Waals surface area contributed by atoms with E-state index in [-0.39, 0.29) is 6.42 Å². The summed E-state index contributed by atoms with van der Waals surface area (Å²) in [5, 5.41) is 0. The maximum atomic E-state index is 13.0. The summed E-state index contributed by atoms with van der Waals surface area (Å²) in [4.78, 5) is 0. The van der Waals surface area contributed by atoms with Crippen molar-refractivity contribution in [1.82, 2.24) is 0 Å². The van der Waals surface area contributed by atoms with Gasteiger partial charge in [0.15, 0.2) is 0 Å². The van der Waals surface area contributed by atoms with E-state index < -0.39 is 17.6 Å². The van der Waals surface area contributed by atoms with Crippen LogP contribution < -0.4 is 0 Å². The van der Waals surface area contributed by atoms with Gasteiger partial charge in [-0.1, -0.05) is 24.3 Å². The first-order valence-electron chi connectivity index (χ1n) is 5.27. The minimum atomic E-state index is -4.40.